The Labute approximate surface area is 190 Å². The Bertz CT molecular complexity index is 1060. The number of aryl methyl sites for hydroxylation is 1. The first kappa shape index (κ1) is 23.4. The van der Waals surface area contributed by atoms with Crippen LogP contribution in [-0.2, 0) is 17.8 Å². The van der Waals surface area contributed by atoms with Crippen molar-refractivity contribution in [3.63, 3.8) is 0 Å². The summed E-state index contributed by atoms with van der Waals surface area (Å²) in [5, 5.41) is 2.94. The maximum Gasteiger partial charge on any atom is 0.219 e. The van der Waals surface area contributed by atoms with E-state index in [1.807, 2.05) is 62.4 Å². The summed E-state index contributed by atoms with van der Waals surface area (Å²) in [5.74, 6) is 2.59. The number of nitrogens with one attached hydrogen (secondary N) is 1. The molecule has 1 N–H and O–H groups in total. The van der Waals surface area contributed by atoms with Crippen LogP contribution in [0.3, 0.4) is 0 Å². The molecule has 1 heterocycles. The van der Waals surface area contributed by atoms with Gasteiger partial charge in [0.15, 0.2) is 11.5 Å². The molecule has 32 heavy (non-hydrogen) atoms. The molecule has 0 atom stereocenters. The second kappa shape index (κ2) is 11.9. The minimum absolute atomic E-state index is 0.0685. The molecule has 170 valence electrons. The molecule has 0 radical (unpaired) electrons. The predicted octanol–water partition coefficient (Wildman–Crippen LogP) is 5.01. The van der Waals surface area contributed by atoms with E-state index in [0.29, 0.717) is 26.0 Å². The van der Waals surface area contributed by atoms with Gasteiger partial charge in [-0.2, -0.15) is 0 Å². The van der Waals surface area contributed by atoms with Crippen LogP contribution >= 0.6 is 0 Å². The first-order valence-electron chi connectivity index (χ1n) is 11.3. The second-order valence-corrected chi connectivity index (χ2v) is 7.59. The SMILES string of the molecule is C/C=C/c1ccc(OCCCCn2c(CCNC(=O)CC)nc3ccccc32)c(OC)c1. The van der Waals surface area contributed by atoms with Crippen molar-refractivity contribution in [3.8, 4) is 11.5 Å². The van der Waals surface area contributed by atoms with Gasteiger partial charge in [-0.25, -0.2) is 4.98 Å². The molecule has 0 aliphatic heterocycles. The van der Waals surface area contributed by atoms with Crippen LogP contribution in [0.1, 0.15) is 44.5 Å². The van der Waals surface area contributed by atoms with Crippen LogP contribution in [0.25, 0.3) is 17.1 Å². The maximum atomic E-state index is 11.6. The largest absolute Gasteiger partial charge is 0.493 e. The van der Waals surface area contributed by atoms with Crippen LogP contribution in [0.15, 0.2) is 48.5 Å². The highest BCUT2D eigenvalue weighted by molar-refractivity contribution is 5.76. The van der Waals surface area contributed by atoms with Crippen LogP contribution in [0.5, 0.6) is 11.5 Å². The molecule has 3 rings (SSSR count). The van der Waals surface area contributed by atoms with Crippen LogP contribution in [-0.4, -0.2) is 35.7 Å². The smallest absolute Gasteiger partial charge is 0.219 e. The zero-order valence-electron chi connectivity index (χ0n) is 19.3. The fourth-order valence-electron chi connectivity index (χ4n) is 3.66. The number of carbonyl (C=O) groups excluding carboxylic acids is 1. The van der Waals surface area contributed by atoms with Gasteiger partial charge < -0.3 is 19.4 Å². The maximum absolute atomic E-state index is 11.6. The number of unbranched alkanes of at least 4 members (excludes halogenated alkanes) is 1. The highest BCUT2D eigenvalue weighted by atomic mass is 16.5. The normalized spacial score (nSPS) is 11.2. The van der Waals surface area contributed by atoms with Crippen molar-refractivity contribution in [1.29, 1.82) is 0 Å². The summed E-state index contributed by atoms with van der Waals surface area (Å²) in [5.41, 5.74) is 3.21. The summed E-state index contributed by atoms with van der Waals surface area (Å²) in [6.45, 7) is 5.93. The number of benzene rings is 2. The number of amides is 1. The number of ether oxygens (including phenoxy) is 2. The topological polar surface area (TPSA) is 65.4 Å². The number of hydrogen-bond donors (Lipinski definition) is 1. The number of rotatable bonds is 12. The van der Waals surface area contributed by atoms with E-state index in [0.717, 1.165) is 53.3 Å². The van der Waals surface area contributed by atoms with Gasteiger partial charge in [0, 0.05) is 25.9 Å². The van der Waals surface area contributed by atoms with Crippen LogP contribution in [0, 0.1) is 0 Å². The molecule has 0 saturated heterocycles. The highest BCUT2D eigenvalue weighted by Crippen LogP contribution is 2.28. The van der Waals surface area contributed by atoms with E-state index in [9.17, 15) is 4.79 Å². The molecule has 6 nitrogen and oxygen atoms in total. The molecule has 2 aromatic carbocycles. The lowest BCUT2D eigenvalue weighted by atomic mass is 10.2. The summed E-state index contributed by atoms with van der Waals surface area (Å²) in [6, 6.07) is 14.1. The highest BCUT2D eigenvalue weighted by Gasteiger charge is 2.11. The second-order valence-electron chi connectivity index (χ2n) is 7.59. The van der Waals surface area contributed by atoms with Crippen molar-refractivity contribution in [1.82, 2.24) is 14.9 Å². The monoisotopic (exact) mass is 435 g/mol. The predicted molar refractivity (Wildman–Crippen MR) is 129 cm³/mol. The molecule has 3 aromatic rings. The van der Waals surface area contributed by atoms with Gasteiger partial charge in [-0.15, -0.1) is 0 Å². The van der Waals surface area contributed by atoms with E-state index in [-0.39, 0.29) is 5.91 Å². The Hall–Kier alpha value is -3.28. The molecule has 1 amide bonds. The fourth-order valence-corrected chi connectivity index (χ4v) is 3.66. The number of hydrogen-bond acceptors (Lipinski definition) is 4. The Morgan fingerprint density at radius 1 is 1.16 bits per heavy atom. The number of allylic oxidation sites excluding steroid dienone is 1. The van der Waals surface area contributed by atoms with Crippen molar-refractivity contribution < 1.29 is 14.3 Å². The molecule has 0 aliphatic carbocycles. The summed E-state index contributed by atoms with van der Waals surface area (Å²) in [4.78, 5) is 16.3. The van der Waals surface area contributed by atoms with E-state index in [2.05, 4.69) is 16.0 Å². The quantitative estimate of drug-likeness (QED) is 0.406. The average Bonchev–Trinajstić information content (AvgIpc) is 3.16. The Morgan fingerprint density at radius 2 is 2.00 bits per heavy atom. The summed E-state index contributed by atoms with van der Waals surface area (Å²) >= 11 is 0. The van der Waals surface area contributed by atoms with Crippen LogP contribution in [0.2, 0.25) is 0 Å². The molecule has 0 fully saturated rings. The lowest BCUT2D eigenvalue weighted by Crippen LogP contribution is -2.25. The van der Waals surface area contributed by atoms with Gasteiger partial charge in [0.25, 0.3) is 0 Å². The van der Waals surface area contributed by atoms with Gasteiger partial charge in [-0.3, -0.25) is 4.79 Å². The van der Waals surface area contributed by atoms with Gasteiger partial charge in [0.2, 0.25) is 5.91 Å². The minimum atomic E-state index is 0.0685. The van der Waals surface area contributed by atoms with Crippen molar-refractivity contribution in [2.45, 2.75) is 46.1 Å². The van der Waals surface area contributed by atoms with E-state index in [1.165, 1.54) is 0 Å². The number of carbonyl (C=O) groups is 1. The third kappa shape index (κ3) is 6.13. The van der Waals surface area contributed by atoms with E-state index in [4.69, 9.17) is 14.5 Å². The Kier molecular flexibility index (Phi) is 8.72. The third-order valence-electron chi connectivity index (χ3n) is 5.31. The van der Waals surface area contributed by atoms with Gasteiger partial charge in [0.1, 0.15) is 5.82 Å². The molecule has 6 heteroatoms. The summed E-state index contributed by atoms with van der Waals surface area (Å²) < 4.78 is 13.7. The third-order valence-corrected chi connectivity index (χ3v) is 5.31. The number of nitrogens with zero attached hydrogens (tertiary/aromatic N) is 2. The van der Waals surface area contributed by atoms with Crippen molar-refractivity contribution in [2.24, 2.45) is 0 Å². The minimum Gasteiger partial charge on any atom is -0.493 e. The molecule has 1 aromatic heterocycles. The lowest BCUT2D eigenvalue weighted by Gasteiger charge is -2.12. The standard InChI is InChI=1S/C26H33N3O3/c1-4-10-20-13-14-23(24(19-20)31-3)32-18-9-8-17-29-22-12-7-6-11-21(22)28-25(29)15-16-27-26(30)5-2/h4,6-7,10-14,19H,5,8-9,15-18H2,1-3H3,(H,27,30)/b10-4+. The fraction of sp³-hybridized carbons (Fsp3) is 0.385. The van der Waals surface area contributed by atoms with Gasteiger partial charge >= 0.3 is 0 Å². The number of aromatic nitrogens is 2. The molecule has 0 saturated carbocycles. The summed E-state index contributed by atoms with van der Waals surface area (Å²) in [6.07, 6.45) is 7.13. The lowest BCUT2D eigenvalue weighted by molar-refractivity contribution is -0.120. The van der Waals surface area contributed by atoms with Crippen molar-refractivity contribution in [3.05, 3.63) is 59.9 Å². The first-order valence-corrected chi connectivity index (χ1v) is 11.3. The van der Waals surface area contributed by atoms with E-state index < -0.39 is 0 Å². The van der Waals surface area contributed by atoms with Gasteiger partial charge in [-0.05, 0) is 49.6 Å². The first-order chi connectivity index (χ1) is 15.7. The molecule has 0 bridgehead atoms. The van der Waals surface area contributed by atoms with Crippen molar-refractivity contribution in [2.75, 3.05) is 20.3 Å². The van der Waals surface area contributed by atoms with Crippen molar-refractivity contribution >= 4 is 23.0 Å². The molecule has 0 spiro atoms. The molecular formula is C26H33N3O3. The number of para-hydroxylation sites is 2. The Morgan fingerprint density at radius 3 is 2.78 bits per heavy atom. The van der Waals surface area contributed by atoms with Gasteiger partial charge in [-0.1, -0.05) is 37.3 Å². The number of fused-ring (bicyclic) bond motifs is 1. The number of imidazole rings is 1. The number of methoxy groups -OCH3 is 1. The Balaban J connectivity index is 1.57. The average molecular weight is 436 g/mol. The van der Waals surface area contributed by atoms with E-state index in [1.54, 1.807) is 7.11 Å². The zero-order chi connectivity index (χ0) is 22.8. The summed E-state index contributed by atoms with van der Waals surface area (Å²) in [7, 11) is 1.66. The molecule has 0 aliphatic rings. The molecular weight excluding hydrogens is 402 g/mol. The van der Waals surface area contributed by atoms with Gasteiger partial charge in [0.05, 0.1) is 24.8 Å². The van der Waals surface area contributed by atoms with Crippen LogP contribution in [0.4, 0.5) is 0 Å². The molecule has 0 unspecified atom stereocenters. The zero-order valence-corrected chi connectivity index (χ0v) is 19.3. The van der Waals surface area contributed by atoms with E-state index >= 15 is 0 Å². The van der Waals surface area contributed by atoms with Crippen LogP contribution < -0.4 is 14.8 Å².